The van der Waals surface area contributed by atoms with Crippen molar-refractivity contribution in [3.8, 4) is 17.3 Å². The topological polar surface area (TPSA) is 96.7 Å². The van der Waals surface area contributed by atoms with Crippen LogP contribution < -0.4 is 10.6 Å². The molecule has 102 valence electrons. The molecule has 0 aliphatic carbocycles. The summed E-state index contributed by atoms with van der Waals surface area (Å²) in [7, 11) is 0. The van der Waals surface area contributed by atoms with Crippen molar-refractivity contribution in [2.24, 2.45) is 0 Å². The highest BCUT2D eigenvalue weighted by Crippen LogP contribution is 2.24. The van der Waals surface area contributed by atoms with Crippen LogP contribution >= 0.6 is 0 Å². The van der Waals surface area contributed by atoms with Gasteiger partial charge in [-0.25, -0.2) is 4.98 Å². The molecule has 2 N–H and O–H groups in total. The summed E-state index contributed by atoms with van der Waals surface area (Å²) in [5.74, 6) is 1.12. The summed E-state index contributed by atoms with van der Waals surface area (Å²) in [6.45, 7) is 2.23. The first kappa shape index (κ1) is 12.4. The summed E-state index contributed by atoms with van der Waals surface area (Å²) in [5, 5.41) is 12.8. The molecule has 2 aromatic heterocycles. The largest absolute Gasteiger partial charge is 0.368 e. The van der Waals surface area contributed by atoms with Crippen molar-refractivity contribution in [3.05, 3.63) is 18.5 Å². The second-order valence-electron chi connectivity index (χ2n) is 4.75. The lowest BCUT2D eigenvalue weighted by atomic mass is 10.2. The third kappa shape index (κ3) is 2.40. The van der Waals surface area contributed by atoms with Gasteiger partial charge in [-0.05, 0) is 12.8 Å². The van der Waals surface area contributed by atoms with E-state index in [2.05, 4.69) is 26.0 Å². The summed E-state index contributed by atoms with van der Waals surface area (Å²) in [4.78, 5) is 10.8. The SMILES string of the molecule is N#CCn1cc(-c2cc(N3CCCC3)nc(N)n2)cn1. The molecular formula is C13H15N7. The fourth-order valence-corrected chi connectivity index (χ4v) is 2.36. The molecule has 0 amide bonds. The van der Waals surface area contributed by atoms with Crippen LogP contribution in [0.1, 0.15) is 12.8 Å². The maximum atomic E-state index is 8.67. The summed E-state index contributed by atoms with van der Waals surface area (Å²) >= 11 is 0. The Hall–Kier alpha value is -2.62. The molecule has 0 spiro atoms. The Kier molecular flexibility index (Phi) is 3.21. The molecule has 7 nitrogen and oxygen atoms in total. The zero-order chi connectivity index (χ0) is 13.9. The van der Waals surface area contributed by atoms with Crippen LogP contribution in [-0.2, 0) is 6.54 Å². The third-order valence-corrected chi connectivity index (χ3v) is 3.32. The maximum absolute atomic E-state index is 8.67. The van der Waals surface area contributed by atoms with Crippen LogP contribution in [0.15, 0.2) is 18.5 Å². The van der Waals surface area contributed by atoms with E-state index >= 15 is 0 Å². The minimum Gasteiger partial charge on any atom is -0.368 e. The van der Waals surface area contributed by atoms with Gasteiger partial charge >= 0.3 is 0 Å². The van der Waals surface area contributed by atoms with Crippen molar-refractivity contribution < 1.29 is 0 Å². The summed E-state index contributed by atoms with van der Waals surface area (Å²) in [6, 6.07) is 3.98. The molecule has 1 aliphatic heterocycles. The number of hydrogen-bond donors (Lipinski definition) is 1. The van der Waals surface area contributed by atoms with Gasteiger partial charge in [0.05, 0.1) is 18.0 Å². The molecule has 1 fully saturated rings. The molecule has 3 rings (SSSR count). The standard InChI is InChI=1S/C13H15N7/c14-3-6-20-9-10(8-16-20)11-7-12(18-13(15)17-11)19-4-1-2-5-19/h7-9H,1-2,4-6H2,(H2,15,17,18). The number of rotatable bonds is 3. The van der Waals surface area contributed by atoms with Crippen molar-refractivity contribution in [1.29, 1.82) is 5.26 Å². The van der Waals surface area contributed by atoms with Gasteiger partial charge in [-0.3, -0.25) is 4.68 Å². The molecular weight excluding hydrogens is 254 g/mol. The van der Waals surface area contributed by atoms with E-state index in [4.69, 9.17) is 11.0 Å². The second-order valence-corrected chi connectivity index (χ2v) is 4.75. The van der Waals surface area contributed by atoms with E-state index in [0.717, 1.165) is 30.2 Å². The first-order valence-electron chi connectivity index (χ1n) is 6.55. The van der Waals surface area contributed by atoms with Gasteiger partial charge in [-0.15, -0.1) is 0 Å². The highest BCUT2D eigenvalue weighted by molar-refractivity contribution is 5.63. The van der Waals surface area contributed by atoms with Crippen molar-refractivity contribution in [2.75, 3.05) is 23.7 Å². The Morgan fingerprint density at radius 1 is 1.30 bits per heavy atom. The summed E-state index contributed by atoms with van der Waals surface area (Å²) in [6.07, 6.45) is 5.84. The zero-order valence-electron chi connectivity index (χ0n) is 11.0. The summed E-state index contributed by atoms with van der Waals surface area (Å²) in [5.41, 5.74) is 7.38. The van der Waals surface area contributed by atoms with Crippen LogP contribution in [0, 0.1) is 11.3 Å². The Morgan fingerprint density at radius 2 is 2.10 bits per heavy atom. The number of hydrogen-bond acceptors (Lipinski definition) is 6. The predicted octanol–water partition coefficient (Wildman–Crippen LogP) is 1.05. The van der Waals surface area contributed by atoms with E-state index in [1.165, 1.54) is 12.8 Å². The first-order valence-corrected chi connectivity index (χ1v) is 6.55. The number of nitriles is 1. The molecule has 0 radical (unpaired) electrons. The van der Waals surface area contributed by atoms with E-state index < -0.39 is 0 Å². The molecule has 1 saturated heterocycles. The van der Waals surface area contributed by atoms with E-state index in [0.29, 0.717) is 0 Å². The molecule has 0 unspecified atom stereocenters. The zero-order valence-corrected chi connectivity index (χ0v) is 11.0. The van der Waals surface area contributed by atoms with Crippen LogP contribution in [0.2, 0.25) is 0 Å². The average molecular weight is 269 g/mol. The number of anilines is 2. The average Bonchev–Trinajstić information content (AvgIpc) is 3.09. The number of nitrogens with zero attached hydrogens (tertiary/aromatic N) is 6. The van der Waals surface area contributed by atoms with Crippen LogP contribution in [0.5, 0.6) is 0 Å². The van der Waals surface area contributed by atoms with Crippen molar-refractivity contribution in [1.82, 2.24) is 19.7 Å². The Labute approximate surface area is 116 Å². The quantitative estimate of drug-likeness (QED) is 0.894. The van der Waals surface area contributed by atoms with Gasteiger partial charge in [-0.1, -0.05) is 0 Å². The minimum atomic E-state index is 0.222. The molecule has 0 aromatic carbocycles. The smallest absolute Gasteiger partial charge is 0.222 e. The minimum absolute atomic E-state index is 0.222. The Morgan fingerprint density at radius 3 is 2.85 bits per heavy atom. The molecule has 1 aliphatic rings. The Bertz CT molecular complexity index is 649. The van der Waals surface area contributed by atoms with Gasteiger partial charge in [0.1, 0.15) is 12.4 Å². The number of aromatic nitrogens is 4. The van der Waals surface area contributed by atoms with Crippen molar-refractivity contribution in [3.63, 3.8) is 0 Å². The van der Waals surface area contributed by atoms with Crippen molar-refractivity contribution >= 4 is 11.8 Å². The van der Waals surface area contributed by atoms with Crippen LogP contribution in [0.25, 0.3) is 11.3 Å². The van der Waals surface area contributed by atoms with Crippen molar-refractivity contribution in [2.45, 2.75) is 19.4 Å². The molecule has 20 heavy (non-hydrogen) atoms. The maximum Gasteiger partial charge on any atom is 0.222 e. The molecule has 2 aromatic rings. The predicted molar refractivity (Wildman–Crippen MR) is 74.7 cm³/mol. The molecule has 0 saturated carbocycles. The fraction of sp³-hybridized carbons (Fsp3) is 0.385. The van der Waals surface area contributed by atoms with E-state index in [-0.39, 0.29) is 12.5 Å². The lowest BCUT2D eigenvalue weighted by Gasteiger charge is -2.16. The second kappa shape index (κ2) is 5.17. The van der Waals surface area contributed by atoms with Gasteiger partial charge in [0, 0.05) is 30.9 Å². The number of nitrogen functional groups attached to an aromatic ring is 1. The van der Waals surface area contributed by atoms with E-state index in [1.807, 2.05) is 6.07 Å². The van der Waals surface area contributed by atoms with E-state index in [1.54, 1.807) is 17.1 Å². The fourth-order valence-electron chi connectivity index (χ4n) is 2.36. The highest BCUT2D eigenvalue weighted by Gasteiger charge is 2.16. The first-order chi connectivity index (χ1) is 9.76. The highest BCUT2D eigenvalue weighted by atomic mass is 15.3. The lowest BCUT2D eigenvalue weighted by Crippen LogP contribution is -2.19. The van der Waals surface area contributed by atoms with Gasteiger partial charge in [0.15, 0.2) is 0 Å². The Balaban J connectivity index is 1.94. The van der Waals surface area contributed by atoms with Gasteiger partial charge < -0.3 is 10.6 Å². The molecule has 0 bridgehead atoms. The van der Waals surface area contributed by atoms with Gasteiger partial charge in [0.2, 0.25) is 5.95 Å². The monoisotopic (exact) mass is 269 g/mol. The van der Waals surface area contributed by atoms with Crippen LogP contribution in [0.4, 0.5) is 11.8 Å². The van der Waals surface area contributed by atoms with Gasteiger partial charge in [0.25, 0.3) is 0 Å². The molecule has 0 atom stereocenters. The van der Waals surface area contributed by atoms with Gasteiger partial charge in [-0.2, -0.15) is 15.3 Å². The number of nitrogens with two attached hydrogens (primary N) is 1. The lowest BCUT2D eigenvalue weighted by molar-refractivity contribution is 0.710. The molecule has 7 heteroatoms. The molecule has 3 heterocycles. The van der Waals surface area contributed by atoms with Crippen LogP contribution in [0.3, 0.4) is 0 Å². The third-order valence-electron chi connectivity index (χ3n) is 3.32. The van der Waals surface area contributed by atoms with E-state index in [9.17, 15) is 0 Å². The summed E-state index contributed by atoms with van der Waals surface area (Å²) < 4.78 is 1.57. The van der Waals surface area contributed by atoms with Crippen LogP contribution in [-0.4, -0.2) is 32.8 Å². The normalized spacial score (nSPS) is 14.4.